The van der Waals surface area contributed by atoms with Crippen LogP contribution in [-0.2, 0) is 57.5 Å². The van der Waals surface area contributed by atoms with Gasteiger partial charge < -0.3 is 101 Å². The lowest BCUT2D eigenvalue weighted by Gasteiger charge is -2.01. The van der Waals surface area contributed by atoms with Gasteiger partial charge in [-0.3, -0.25) is 57.5 Å². The molecule has 64 heavy (non-hydrogen) atoms. The summed E-state index contributed by atoms with van der Waals surface area (Å²) in [4.78, 5) is 119. The Morgan fingerprint density at radius 2 is 0.375 bits per heavy atom. The van der Waals surface area contributed by atoms with Crippen LogP contribution in [0.2, 0.25) is 0 Å². The molecular weight excluding hydrogens is 919 g/mol. The van der Waals surface area contributed by atoms with Gasteiger partial charge in [0.2, 0.25) is 0 Å². The van der Waals surface area contributed by atoms with Crippen LogP contribution < -0.4 is 40.1 Å². The van der Waals surface area contributed by atoms with Crippen LogP contribution >= 0.6 is 25.3 Å². The minimum atomic E-state index is -1.17. The largest absolute Gasteiger partial charge is 0.481 e. The van der Waals surface area contributed by atoms with Crippen LogP contribution in [-0.4, -0.2) is 187 Å². The zero-order valence-electron chi connectivity index (χ0n) is 33.7. The van der Waals surface area contributed by atoms with Gasteiger partial charge in [0, 0.05) is 43.6 Å². The fourth-order valence-corrected chi connectivity index (χ4v) is 2.48. The second kappa shape index (κ2) is 45.1. The first-order valence-corrected chi connectivity index (χ1v) is 18.5. The Kier molecular flexibility index (Phi) is 51.1. The first-order valence-electron chi connectivity index (χ1n) is 17.2. The highest BCUT2D eigenvalue weighted by molar-refractivity contribution is 7.80. The van der Waals surface area contributed by atoms with Crippen LogP contribution in [0.25, 0.3) is 0 Å². The molecule has 7 unspecified atom stereocenters. The standard InChI is InChI=1S/5C5H9NO4.2C3H7NO2S/c5*6-3(5(9)10)1-2-4(7)8;2*4-2(1-7)3(5)6/h5*3H,1-2,6H2,(H,7,8)(H,9,10);2*2,7H,1,4H2,(H,5,6). The summed E-state index contributed by atoms with van der Waals surface area (Å²) < 4.78 is 0. The molecule has 0 rings (SSSR count). The van der Waals surface area contributed by atoms with Crippen molar-refractivity contribution in [3.8, 4) is 0 Å². The van der Waals surface area contributed by atoms with Gasteiger partial charge >= 0.3 is 71.6 Å². The minimum absolute atomic E-state index is 0.0231. The van der Waals surface area contributed by atoms with E-state index in [1.54, 1.807) is 0 Å². The smallest absolute Gasteiger partial charge is 0.321 e. The van der Waals surface area contributed by atoms with Gasteiger partial charge in [-0.15, -0.1) is 0 Å². The molecule has 0 saturated carbocycles. The van der Waals surface area contributed by atoms with Gasteiger partial charge in [0.05, 0.1) is 0 Å². The highest BCUT2D eigenvalue weighted by Crippen LogP contribution is 1.96. The van der Waals surface area contributed by atoms with Crippen molar-refractivity contribution in [1.29, 1.82) is 0 Å². The third-order valence-corrected chi connectivity index (χ3v) is 6.75. The average Bonchev–Trinajstić information content (AvgIpc) is 3.19. The van der Waals surface area contributed by atoms with Crippen LogP contribution in [0.4, 0.5) is 0 Å². The summed E-state index contributed by atoms with van der Waals surface area (Å²) in [7, 11) is 0. The molecule has 0 fully saturated rings. The molecule has 33 heteroatoms. The second-order valence-electron chi connectivity index (χ2n) is 11.6. The fourth-order valence-electron chi connectivity index (χ4n) is 2.17. The maximum atomic E-state index is 9.99. The molecule has 0 aromatic rings. The molecule has 0 heterocycles. The molecule has 0 amide bonds. The Morgan fingerprint density at radius 3 is 0.422 bits per heavy atom. The second-order valence-corrected chi connectivity index (χ2v) is 12.4. The molecule has 0 aliphatic heterocycles. The molecular formula is C31H59N7O24S2. The van der Waals surface area contributed by atoms with E-state index in [1.165, 1.54) is 0 Å². The maximum absolute atomic E-state index is 9.99. The molecule has 7 atom stereocenters. The van der Waals surface area contributed by atoms with Gasteiger partial charge in [0.1, 0.15) is 42.3 Å². The van der Waals surface area contributed by atoms with E-state index >= 15 is 0 Å². The number of carboxylic acid groups (broad SMARTS) is 12. The van der Waals surface area contributed by atoms with E-state index in [2.05, 4.69) is 25.3 Å². The number of carbonyl (C=O) groups is 12. The number of nitrogens with two attached hydrogens (primary N) is 7. The third kappa shape index (κ3) is 65.2. The van der Waals surface area contributed by atoms with E-state index in [-0.39, 0.29) is 75.7 Å². The van der Waals surface area contributed by atoms with Crippen LogP contribution in [0.3, 0.4) is 0 Å². The lowest BCUT2D eigenvalue weighted by molar-refractivity contribution is -0.141. The molecule has 0 radical (unpaired) electrons. The van der Waals surface area contributed by atoms with Crippen LogP contribution in [0.15, 0.2) is 0 Å². The van der Waals surface area contributed by atoms with Crippen molar-refractivity contribution in [2.45, 2.75) is 107 Å². The molecule has 26 N–H and O–H groups in total. The SMILES string of the molecule is NC(CCC(=O)O)C(=O)O.NC(CCC(=O)O)C(=O)O.NC(CCC(=O)O)C(=O)O.NC(CCC(=O)O)C(=O)O.NC(CCC(=O)O)C(=O)O.NC(CS)C(=O)O.NC(CS)C(=O)O. The van der Waals surface area contributed by atoms with Gasteiger partial charge in [-0.2, -0.15) is 25.3 Å². The lowest BCUT2D eigenvalue weighted by atomic mass is 10.2. The summed E-state index contributed by atoms with van der Waals surface area (Å²) in [5.74, 6) is -12.6. The van der Waals surface area contributed by atoms with Gasteiger partial charge in [-0.25, -0.2) is 0 Å². The summed E-state index contributed by atoms with van der Waals surface area (Å²) in [5.41, 5.74) is 34.9. The van der Waals surface area contributed by atoms with Gasteiger partial charge in [-0.05, 0) is 32.1 Å². The van der Waals surface area contributed by atoms with E-state index in [4.69, 9.17) is 101 Å². The topological polar surface area (TPSA) is 630 Å². The number of thiol groups is 2. The number of rotatable bonds is 24. The normalized spacial score (nSPS) is 12.7. The van der Waals surface area contributed by atoms with E-state index in [0.717, 1.165) is 0 Å². The Morgan fingerprint density at radius 1 is 0.266 bits per heavy atom. The maximum Gasteiger partial charge on any atom is 0.321 e. The van der Waals surface area contributed by atoms with E-state index in [9.17, 15) is 57.5 Å². The summed E-state index contributed by atoms with van der Waals surface area (Å²) in [5, 5.41) is 97.4. The molecule has 0 saturated heterocycles. The number of hydrogen-bond donors (Lipinski definition) is 21. The monoisotopic (exact) mass is 977 g/mol. The molecule has 0 aliphatic carbocycles. The zero-order valence-corrected chi connectivity index (χ0v) is 35.5. The van der Waals surface area contributed by atoms with Crippen LogP contribution in [0.1, 0.15) is 64.2 Å². The zero-order chi connectivity index (χ0) is 52.5. The fraction of sp³-hybridized carbons (Fsp3) is 0.613. The quantitative estimate of drug-likeness (QED) is 0.0403. The number of carboxylic acids is 12. The van der Waals surface area contributed by atoms with Crippen molar-refractivity contribution < 1.29 is 119 Å². The molecule has 0 aromatic heterocycles. The average molecular weight is 978 g/mol. The van der Waals surface area contributed by atoms with Crippen molar-refractivity contribution >= 4 is 96.9 Å². The third-order valence-electron chi connectivity index (χ3n) is 5.96. The number of hydrogen-bond acceptors (Lipinski definition) is 21. The van der Waals surface area contributed by atoms with Crippen LogP contribution in [0, 0.1) is 0 Å². The van der Waals surface area contributed by atoms with E-state index in [1.807, 2.05) is 0 Å². The Bertz CT molecular complexity index is 1240. The van der Waals surface area contributed by atoms with Crippen molar-refractivity contribution in [1.82, 2.24) is 0 Å². The summed E-state index contributed by atoms with van der Waals surface area (Å²) in [6.45, 7) is 0. The summed E-state index contributed by atoms with van der Waals surface area (Å²) in [6, 6.07) is -6.93. The predicted octanol–water partition coefficient (Wildman–Crippen LogP) is -5.03. The lowest BCUT2D eigenvalue weighted by Crippen LogP contribution is -2.31. The molecule has 0 bridgehead atoms. The molecule has 0 aliphatic rings. The Hall–Kier alpha value is -5.94. The minimum Gasteiger partial charge on any atom is -0.481 e. The number of aliphatic carboxylic acids is 12. The molecule has 31 nitrogen and oxygen atoms in total. The Balaban J connectivity index is -0.000000119. The first-order chi connectivity index (χ1) is 29.0. The van der Waals surface area contributed by atoms with Crippen LogP contribution in [0.5, 0.6) is 0 Å². The molecule has 0 spiro atoms. The van der Waals surface area contributed by atoms with Gasteiger partial charge in [0.15, 0.2) is 0 Å². The van der Waals surface area contributed by atoms with Crippen molar-refractivity contribution in [3.63, 3.8) is 0 Å². The highest BCUT2D eigenvalue weighted by Gasteiger charge is 2.15. The highest BCUT2D eigenvalue weighted by atomic mass is 32.1. The summed E-state index contributed by atoms with van der Waals surface area (Å²) >= 11 is 7.30. The summed E-state index contributed by atoms with van der Waals surface area (Å²) in [6.07, 6.45) is -1.12. The van der Waals surface area contributed by atoms with E-state index in [0.29, 0.717) is 0 Å². The predicted molar refractivity (Wildman–Crippen MR) is 221 cm³/mol. The van der Waals surface area contributed by atoms with E-state index < -0.39 is 114 Å². The first kappa shape index (κ1) is 72.5. The molecule has 0 aromatic carbocycles. The van der Waals surface area contributed by atoms with Gasteiger partial charge in [-0.1, -0.05) is 0 Å². The van der Waals surface area contributed by atoms with Crippen molar-refractivity contribution in [2.75, 3.05) is 11.5 Å². The van der Waals surface area contributed by atoms with Crippen molar-refractivity contribution in [3.05, 3.63) is 0 Å². The Labute approximate surface area is 373 Å². The molecule has 374 valence electrons. The van der Waals surface area contributed by atoms with Crippen molar-refractivity contribution in [2.24, 2.45) is 40.1 Å². The van der Waals surface area contributed by atoms with Gasteiger partial charge in [0.25, 0.3) is 0 Å².